The molecule has 0 spiro atoms. The zero-order chi connectivity index (χ0) is 20.7. The molecule has 1 saturated heterocycles. The molecule has 0 bridgehead atoms. The molecule has 0 radical (unpaired) electrons. The van der Waals surface area contributed by atoms with Crippen LogP contribution < -0.4 is 4.72 Å². The van der Waals surface area contributed by atoms with E-state index in [0.29, 0.717) is 26.2 Å². The number of carbonyl (C=O) groups excluding carboxylic acids is 2. The van der Waals surface area contributed by atoms with E-state index in [4.69, 9.17) is 0 Å². The number of sulfonamides is 1. The molecule has 0 saturated carbocycles. The lowest BCUT2D eigenvalue weighted by molar-refractivity contribution is -0.130. The maximum atomic E-state index is 12.4. The smallest absolute Gasteiger partial charge is 0.240 e. The van der Waals surface area contributed by atoms with Crippen molar-refractivity contribution in [3.05, 3.63) is 28.7 Å². The van der Waals surface area contributed by atoms with E-state index in [9.17, 15) is 18.0 Å². The van der Waals surface area contributed by atoms with E-state index >= 15 is 0 Å². The molecule has 0 aliphatic carbocycles. The molecule has 0 unspecified atom stereocenters. The lowest BCUT2D eigenvalue weighted by Crippen LogP contribution is -2.40. The maximum absolute atomic E-state index is 12.4. The molecule has 1 aliphatic heterocycles. The Balaban J connectivity index is 1.80. The average Bonchev–Trinajstić information content (AvgIpc) is 2.87. The first kappa shape index (κ1) is 22.8. The van der Waals surface area contributed by atoms with Gasteiger partial charge in [0.05, 0.1) is 11.4 Å². The number of hydrogen-bond acceptors (Lipinski definition) is 5. The number of hydrogen-bond donors (Lipinski definition) is 1. The Kier molecular flexibility index (Phi) is 8.41. The van der Waals surface area contributed by atoms with Gasteiger partial charge in [0.15, 0.2) is 0 Å². The highest BCUT2D eigenvalue weighted by Gasteiger charge is 2.21. The Bertz CT molecular complexity index is 783. The normalized spacial score (nSPS) is 15.9. The number of nitrogens with one attached hydrogen (secondary N) is 1. The molecule has 1 aromatic carbocycles. The lowest BCUT2D eigenvalue weighted by Gasteiger charge is -2.22. The van der Waals surface area contributed by atoms with Crippen LogP contribution >= 0.6 is 15.9 Å². The molecule has 1 N–H and O–H groups in total. The van der Waals surface area contributed by atoms with Crippen LogP contribution in [0.25, 0.3) is 0 Å². The fourth-order valence-corrected chi connectivity index (χ4v) is 4.15. The SMILES string of the molecule is CN(C)C(=O)CN1CCCN(C(=O)CCNS(=O)(=O)c2ccc(Br)cc2)CC1. The fraction of sp³-hybridized carbons (Fsp3) is 0.556. The van der Waals surface area contributed by atoms with Crippen molar-refractivity contribution in [3.63, 3.8) is 0 Å². The topological polar surface area (TPSA) is 90.0 Å². The van der Waals surface area contributed by atoms with Crippen molar-refractivity contribution in [2.45, 2.75) is 17.7 Å². The van der Waals surface area contributed by atoms with Crippen LogP contribution in [0.15, 0.2) is 33.6 Å². The summed E-state index contributed by atoms with van der Waals surface area (Å²) >= 11 is 3.27. The van der Waals surface area contributed by atoms with E-state index in [1.54, 1.807) is 36.0 Å². The molecule has 156 valence electrons. The van der Waals surface area contributed by atoms with Gasteiger partial charge in [-0.2, -0.15) is 0 Å². The maximum Gasteiger partial charge on any atom is 0.240 e. The van der Waals surface area contributed by atoms with Gasteiger partial charge < -0.3 is 9.80 Å². The minimum atomic E-state index is -3.63. The molecular formula is C18H27BrN4O4S. The Hall–Kier alpha value is -1.49. The molecule has 1 aromatic rings. The Morgan fingerprint density at radius 1 is 1.11 bits per heavy atom. The minimum absolute atomic E-state index is 0.0436. The van der Waals surface area contributed by atoms with Crippen molar-refractivity contribution in [2.75, 3.05) is 53.4 Å². The van der Waals surface area contributed by atoms with Crippen LogP contribution in [0, 0.1) is 0 Å². The molecule has 28 heavy (non-hydrogen) atoms. The van der Waals surface area contributed by atoms with Gasteiger partial charge in [-0.05, 0) is 30.7 Å². The van der Waals surface area contributed by atoms with Gasteiger partial charge in [0, 0.05) is 57.7 Å². The summed E-state index contributed by atoms with van der Waals surface area (Å²) in [5.41, 5.74) is 0. The molecule has 1 fully saturated rings. The average molecular weight is 475 g/mol. The third-order valence-electron chi connectivity index (χ3n) is 4.55. The molecule has 0 atom stereocenters. The lowest BCUT2D eigenvalue weighted by atomic mass is 10.3. The third kappa shape index (κ3) is 6.84. The van der Waals surface area contributed by atoms with Gasteiger partial charge in [0.1, 0.15) is 0 Å². The molecule has 1 heterocycles. The highest BCUT2D eigenvalue weighted by atomic mass is 79.9. The molecule has 10 heteroatoms. The van der Waals surface area contributed by atoms with Gasteiger partial charge in [-0.1, -0.05) is 15.9 Å². The van der Waals surface area contributed by atoms with E-state index in [0.717, 1.165) is 17.4 Å². The number of rotatable bonds is 7. The van der Waals surface area contributed by atoms with Crippen molar-refractivity contribution < 1.29 is 18.0 Å². The highest BCUT2D eigenvalue weighted by Crippen LogP contribution is 2.14. The summed E-state index contributed by atoms with van der Waals surface area (Å²) < 4.78 is 27.8. The summed E-state index contributed by atoms with van der Waals surface area (Å²) in [6, 6.07) is 6.33. The number of nitrogens with zero attached hydrogens (tertiary/aromatic N) is 3. The molecule has 1 aliphatic rings. The molecular weight excluding hydrogens is 448 g/mol. The number of amides is 2. The molecule has 0 aromatic heterocycles. The quantitative estimate of drug-likeness (QED) is 0.629. The second kappa shape index (κ2) is 10.3. The van der Waals surface area contributed by atoms with Crippen LogP contribution in [0.3, 0.4) is 0 Å². The fourth-order valence-electron chi connectivity index (χ4n) is 2.86. The van der Waals surface area contributed by atoms with Crippen LogP contribution in [-0.4, -0.2) is 88.3 Å². The van der Waals surface area contributed by atoms with Crippen LogP contribution in [-0.2, 0) is 19.6 Å². The highest BCUT2D eigenvalue weighted by molar-refractivity contribution is 9.10. The zero-order valence-electron chi connectivity index (χ0n) is 16.2. The summed E-state index contributed by atoms with van der Waals surface area (Å²) in [5, 5.41) is 0. The van der Waals surface area contributed by atoms with Crippen molar-refractivity contribution in [3.8, 4) is 0 Å². The van der Waals surface area contributed by atoms with Crippen molar-refractivity contribution in [1.29, 1.82) is 0 Å². The van der Waals surface area contributed by atoms with E-state index in [2.05, 4.69) is 20.7 Å². The van der Waals surface area contributed by atoms with Crippen LogP contribution in [0.1, 0.15) is 12.8 Å². The number of likely N-dealkylation sites (N-methyl/N-ethyl adjacent to an activating group) is 1. The first-order valence-electron chi connectivity index (χ1n) is 9.14. The molecule has 8 nitrogen and oxygen atoms in total. The van der Waals surface area contributed by atoms with Crippen LogP contribution in [0.2, 0.25) is 0 Å². The number of halogens is 1. The Morgan fingerprint density at radius 2 is 1.79 bits per heavy atom. The van der Waals surface area contributed by atoms with Gasteiger partial charge in [-0.25, -0.2) is 13.1 Å². The van der Waals surface area contributed by atoms with E-state index in [1.165, 1.54) is 12.1 Å². The first-order valence-corrected chi connectivity index (χ1v) is 11.4. The van der Waals surface area contributed by atoms with E-state index in [1.807, 2.05) is 4.90 Å². The van der Waals surface area contributed by atoms with Crippen molar-refractivity contribution in [2.24, 2.45) is 0 Å². The largest absolute Gasteiger partial charge is 0.348 e. The summed E-state index contributed by atoms with van der Waals surface area (Å²) in [6.45, 7) is 2.96. The second-order valence-corrected chi connectivity index (χ2v) is 9.58. The van der Waals surface area contributed by atoms with Gasteiger partial charge >= 0.3 is 0 Å². The zero-order valence-corrected chi connectivity index (χ0v) is 18.6. The first-order chi connectivity index (χ1) is 13.2. The minimum Gasteiger partial charge on any atom is -0.348 e. The van der Waals surface area contributed by atoms with Crippen molar-refractivity contribution >= 4 is 37.8 Å². The van der Waals surface area contributed by atoms with Gasteiger partial charge in [-0.15, -0.1) is 0 Å². The van der Waals surface area contributed by atoms with Crippen molar-refractivity contribution in [1.82, 2.24) is 19.4 Å². The van der Waals surface area contributed by atoms with Crippen LogP contribution in [0.4, 0.5) is 0 Å². The number of carbonyl (C=O) groups is 2. The molecule has 2 rings (SSSR count). The Morgan fingerprint density at radius 3 is 2.43 bits per heavy atom. The standard InChI is InChI=1S/C18H27BrN4O4S/c1-21(2)18(25)14-22-10-3-11-23(13-12-22)17(24)8-9-20-28(26,27)16-6-4-15(19)5-7-16/h4-7,20H,3,8-14H2,1-2H3. The monoisotopic (exact) mass is 474 g/mol. The predicted octanol–water partition coefficient (Wildman–Crippen LogP) is 0.740. The summed E-state index contributed by atoms with van der Waals surface area (Å²) in [6.07, 6.45) is 0.892. The molecule has 2 amide bonds. The van der Waals surface area contributed by atoms with Crippen LogP contribution in [0.5, 0.6) is 0 Å². The second-order valence-electron chi connectivity index (χ2n) is 6.90. The number of benzene rings is 1. The third-order valence-corrected chi connectivity index (χ3v) is 6.56. The van der Waals surface area contributed by atoms with E-state index < -0.39 is 10.0 Å². The van der Waals surface area contributed by atoms with Gasteiger partial charge in [0.25, 0.3) is 0 Å². The van der Waals surface area contributed by atoms with Gasteiger partial charge in [0.2, 0.25) is 21.8 Å². The van der Waals surface area contributed by atoms with Gasteiger partial charge in [-0.3, -0.25) is 14.5 Å². The summed E-state index contributed by atoms with van der Waals surface area (Å²) in [4.78, 5) is 29.8. The summed E-state index contributed by atoms with van der Waals surface area (Å²) in [7, 11) is -0.178. The Labute approximate surface area is 175 Å². The van der Waals surface area contributed by atoms with E-state index in [-0.39, 0.29) is 29.7 Å². The summed E-state index contributed by atoms with van der Waals surface area (Å²) in [5.74, 6) is -0.0404. The predicted molar refractivity (Wildman–Crippen MR) is 110 cm³/mol.